The molecule has 0 saturated carbocycles. The van der Waals surface area contributed by atoms with Crippen LogP contribution in [0.15, 0.2) is 72.8 Å². The second kappa shape index (κ2) is 10.8. The molecule has 3 aromatic carbocycles. The summed E-state index contributed by atoms with van der Waals surface area (Å²) in [6.45, 7) is 0.443. The highest BCUT2D eigenvalue weighted by molar-refractivity contribution is 6.01. The van der Waals surface area contributed by atoms with E-state index in [-0.39, 0.29) is 30.4 Å². The Morgan fingerprint density at radius 2 is 1.76 bits per heavy atom. The lowest BCUT2D eigenvalue weighted by Gasteiger charge is -2.32. The quantitative estimate of drug-likeness (QED) is 0.394. The van der Waals surface area contributed by atoms with Crippen LogP contribution in [0.4, 0.5) is 14.5 Å². The molecule has 1 aromatic heterocycles. The maximum Gasteiger partial charge on any atom is 0.249 e. The van der Waals surface area contributed by atoms with E-state index in [0.717, 1.165) is 17.7 Å². The van der Waals surface area contributed by atoms with Gasteiger partial charge in [-0.25, -0.2) is 13.5 Å². The molecule has 4 aromatic rings. The van der Waals surface area contributed by atoms with Crippen molar-refractivity contribution >= 4 is 28.5 Å². The van der Waals surface area contributed by atoms with Crippen molar-refractivity contribution in [3.8, 4) is 0 Å². The van der Waals surface area contributed by atoms with Crippen molar-refractivity contribution in [3.05, 3.63) is 90.0 Å². The Hall–Kier alpha value is -4.18. The van der Waals surface area contributed by atoms with E-state index in [4.69, 9.17) is 4.74 Å². The highest BCUT2D eigenvalue weighted by atomic mass is 19.1. The molecule has 1 fully saturated rings. The fourth-order valence-electron chi connectivity index (χ4n) is 4.51. The molecule has 1 aliphatic rings. The predicted octanol–water partition coefficient (Wildman–Crippen LogP) is 3.78. The number of carbonyl (C=O) groups is 2. The van der Waals surface area contributed by atoms with Crippen molar-refractivity contribution in [1.82, 2.24) is 20.3 Å². The number of anilines is 1. The number of ether oxygens (including phenoxy) is 1. The summed E-state index contributed by atoms with van der Waals surface area (Å²) in [5.41, 5.74) is 0.951. The highest BCUT2D eigenvalue weighted by Gasteiger charge is 2.36. The van der Waals surface area contributed by atoms with Gasteiger partial charge >= 0.3 is 0 Å². The van der Waals surface area contributed by atoms with Gasteiger partial charge in [0.1, 0.15) is 29.7 Å². The van der Waals surface area contributed by atoms with Crippen molar-refractivity contribution in [1.29, 1.82) is 0 Å². The van der Waals surface area contributed by atoms with Gasteiger partial charge in [0, 0.05) is 18.7 Å². The van der Waals surface area contributed by atoms with E-state index in [1.165, 1.54) is 41.1 Å². The topological polar surface area (TPSA) is 89.4 Å². The van der Waals surface area contributed by atoms with Crippen LogP contribution >= 0.6 is 0 Å². The number of carbonyl (C=O) groups excluding carboxylic acids is 2. The second-order valence-electron chi connectivity index (χ2n) is 8.76. The molecule has 10 heteroatoms. The number of amides is 2. The summed E-state index contributed by atoms with van der Waals surface area (Å²) in [4.78, 5) is 28.5. The van der Waals surface area contributed by atoms with Crippen LogP contribution in [-0.2, 0) is 20.9 Å². The lowest BCUT2D eigenvalue weighted by atomic mass is 10.0. The van der Waals surface area contributed by atoms with E-state index in [2.05, 4.69) is 15.6 Å². The standard InChI is InChI=1S/C27H25F2N5O3/c28-20-10-2-1-9-19(20)26(27(36)30-16-18-8-7-15-37-18)34(23-13-5-3-11-21(23)29)25(35)17-33-24-14-6-4-12-22(24)31-32-33/h1-6,9-14,18,26H,7-8,15-17H2,(H,30,36)/t18-,26-/m1/s1. The van der Waals surface area contributed by atoms with E-state index in [0.29, 0.717) is 17.6 Å². The van der Waals surface area contributed by atoms with Gasteiger partial charge in [0.15, 0.2) is 0 Å². The van der Waals surface area contributed by atoms with Crippen molar-refractivity contribution in [2.45, 2.75) is 31.5 Å². The molecule has 1 aliphatic heterocycles. The van der Waals surface area contributed by atoms with Gasteiger partial charge in [0.2, 0.25) is 11.8 Å². The second-order valence-corrected chi connectivity index (χ2v) is 8.76. The van der Waals surface area contributed by atoms with E-state index < -0.39 is 29.5 Å². The monoisotopic (exact) mass is 505 g/mol. The van der Waals surface area contributed by atoms with Crippen LogP contribution in [0.25, 0.3) is 11.0 Å². The number of aromatic nitrogens is 3. The summed E-state index contributed by atoms with van der Waals surface area (Å²) in [7, 11) is 0. The van der Waals surface area contributed by atoms with Gasteiger partial charge in [0.25, 0.3) is 0 Å². The van der Waals surface area contributed by atoms with Crippen LogP contribution in [-0.4, -0.2) is 46.1 Å². The van der Waals surface area contributed by atoms with Gasteiger partial charge in [-0.3, -0.25) is 14.5 Å². The highest BCUT2D eigenvalue weighted by Crippen LogP contribution is 2.32. The number of hydrogen-bond acceptors (Lipinski definition) is 5. The van der Waals surface area contributed by atoms with Gasteiger partial charge in [-0.1, -0.05) is 47.7 Å². The molecule has 2 atom stereocenters. The minimum atomic E-state index is -1.48. The predicted molar refractivity (Wildman–Crippen MR) is 133 cm³/mol. The van der Waals surface area contributed by atoms with Gasteiger partial charge in [0.05, 0.1) is 17.3 Å². The van der Waals surface area contributed by atoms with Crippen LogP contribution in [0.5, 0.6) is 0 Å². The first-order valence-electron chi connectivity index (χ1n) is 12.0. The molecule has 2 amide bonds. The van der Waals surface area contributed by atoms with Crippen molar-refractivity contribution < 1.29 is 23.1 Å². The molecular weight excluding hydrogens is 480 g/mol. The number of para-hydroxylation sites is 2. The third-order valence-electron chi connectivity index (χ3n) is 6.32. The Balaban J connectivity index is 1.56. The third kappa shape index (κ3) is 5.19. The molecule has 37 heavy (non-hydrogen) atoms. The Morgan fingerprint density at radius 3 is 2.51 bits per heavy atom. The number of fused-ring (bicyclic) bond motifs is 1. The molecule has 5 rings (SSSR count). The summed E-state index contributed by atoms with van der Waals surface area (Å²) in [6.07, 6.45) is 1.48. The van der Waals surface area contributed by atoms with Gasteiger partial charge in [-0.05, 0) is 43.2 Å². The van der Waals surface area contributed by atoms with Gasteiger partial charge in [-0.2, -0.15) is 0 Å². The SMILES string of the molecule is O=C(NC[C@H]1CCCO1)[C@@H](c1ccccc1F)N(C(=O)Cn1nnc2ccccc21)c1ccccc1F. The summed E-state index contributed by atoms with van der Waals surface area (Å²) < 4.78 is 37.2. The fourth-order valence-corrected chi connectivity index (χ4v) is 4.51. The number of nitrogens with one attached hydrogen (secondary N) is 1. The zero-order valence-electron chi connectivity index (χ0n) is 19.9. The lowest BCUT2D eigenvalue weighted by Crippen LogP contribution is -2.47. The van der Waals surface area contributed by atoms with Crippen LogP contribution in [0.1, 0.15) is 24.4 Å². The maximum absolute atomic E-state index is 15.1. The van der Waals surface area contributed by atoms with E-state index in [9.17, 15) is 9.59 Å². The first-order valence-corrected chi connectivity index (χ1v) is 12.0. The number of rotatable bonds is 8. The smallest absolute Gasteiger partial charge is 0.249 e. The molecule has 0 radical (unpaired) electrons. The summed E-state index contributed by atoms with van der Waals surface area (Å²) in [6, 6.07) is 16.8. The van der Waals surface area contributed by atoms with E-state index >= 15 is 8.78 Å². The molecule has 0 spiro atoms. The molecule has 2 heterocycles. The minimum absolute atomic E-state index is 0.0626. The molecule has 190 valence electrons. The van der Waals surface area contributed by atoms with E-state index in [1.807, 2.05) is 0 Å². The summed E-state index contributed by atoms with van der Waals surface area (Å²) in [5, 5.41) is 10.9. The van der Waals surface area contributed by atoms with Crippen LogP contribution in [0, 0.1) is 11.6 Å². The molecule has 1 saturated heterocycles. The molecule has 0 unspecified atom stereocenters. The van der Waals surface area contributed by atoms with Crippen molar-refractivity contribution in [3.63, 3.8) is 0 Å². The van der Waals surface area contributed by atoms with Gasteiger partial charge < -0.3 is 10.1 Å². The van der Waals surface area contributed by atoms with E-state index in [1.54, 1.807) is 36.4 Å². The average molecular weight is 506 g/mol. The number of hydrogen-bond donors (Lipinski definition) is 1. The lowest BCUT2D eigenvalue weighted by molar-refractivity contribution is -0.127. The zero-order valence-corrected chi connectivity index (χ0v) is 19.9. The van der Waals surface area contributed by atoms with Crippen molar-refractivity contribution in [2.24, 2.45) is 0 Å². The Morgan fingerprint density at radius 1 is 1.03 bits per heavy atom. The van der Waals surface area contributed by atoms with Crippen LogP contribution in [0.3, 0.4) is 0 Å². The first-order chi connectivity index (χ1) is 18.0. The van der Waals surface area contributed by atoms with Crippen molar-refractivity contribution in [2.75, 3.05) is 18.1 Å². The third-order valence-corrected chi connectivity index (χ3v) is 6.32. The first kappa shape index (κ1) is 24.5. The summed E-state index contributed by atoms with van der Waals surface area (Å²) >= 11 is 0. The molecule has 1 N–H and O–H groups in total. The van der Waals surface area contributed by atoms with Crippen LogP contribution in [0.2, 0.25) is 0 Å². The van der Waals surface area contributed by atoms with Crippen LogP contribution < -0.4 is 10.2 Å². The molecular formula is C27H25F2N5O3. The molecule has 8 nitrogen and oxygen atoms in total. The largest absolute Gasteiger partial charge is 0.376 e. The minimum Gasteiger partial charge on any atom is -0.376 e. The average Bonchev–Trinajstić information content (AvgIpc) is 3.57. The normalized spacial score (nSPS) is 16.0. The van der Waals surface area contributed by atoms with Gasteiger partial charge in [-0.15, -0.1) is 5.10 Å². The zero-order chi connectivity index (χ0) is 25.8. The fraction of sp³-hybridized carbons (Fsp3) is 0.259. The Bertz CT molecular complexity index is 1420. The number of nitrogens with zero attached hydrogens (tertiary/aromatic N) is 4. The molecule has 0 aliphatic carbocycles. The molecule has 0 bridgehead atoms. The summed E-state index contributed by atoms with van der Waals surface area (Å²) in [5.74, 6) is -2.74. The number of benzene rings is 3. The number of halogens is 2. The Labute approximate surface area is 211 Å². The maximum atomic E-state index is 15.1. The Kier molecular flexibility index (Phi) is 7.18.